The van der Waals surface area contributed by atoms with E-state index in [1.54, 1.807) is 24.3 Å². The molecule has 2 aliphatic rings. The summed E-state index contributed by atoms with van der Waals surface area (Å²) in [5, 5.41) is 12.0. The third-order valence-electron chi connectivity index (χ3n) is 6.64. The Morgan fingerprint density at radius 2 is 1.88 bits per heavy atom. The predicted octanol–water partition coefficient (Wildman–Crippen LogP) is 3.96. The Morgan fingerprint density at radius 3 is 2.66 bits per heavy atom. The molecule has 0 radical (unpaired) electrons. The van der Waals surface area contributed by atoms with Crippen molar-refractivity contribution in [1.82, 2.24) is 10.3 Å². The maximum Gasteiger partial charge on any atom is 0.326 e. The quantitative estimate of drug-likeness (QED) is 0.589. The van der Waals surface area contributed by atoms with Gasteiger partial charge in [-0.3, -0.25) is 9.78 Å². The second-order valence-corrected chi connectivity index (χ2v) is 9.00. The van der Waals surface area contributed by atoms with E-state index >= 15 is 0 Å². The van der Waals surface area contributed by atoms with Crippen molar-refractivity contribution in [3.8, 4) is 0 Å². The van der Waals surface area contributed by atoms with E-state index in [1.165, 1.54) is 36.2 Å². The number of ether oxygens (including phenoxy) is 1. The Bertz CT molecular complexity index is 925. The van der Waals surface area contributed by atoms with Crippen LogP contribution in [0.25, 0.3) is 0 Å². The zero-order valence-corrected chi connectivity index (χ0v) is 18.5. The van der Waals surface area contributed by atoms with Gasteiger partial charge in [-0.15, -0.1) is 0 Å². The molecular formula is C26H32N2O4. The lowest BCUT2D eigenvalue weighted by atomic mass is 9.79. The number of carbonyl (C=O) groups excluding carboxylic acids is 1. The van der Waals surface area contributed by atoms with E-state index < -0.39 is 12.0 Å². The lowest BCUT2D eigenvalue weighted by Gasteiger charge is -2.35. The standard InChI is InChI=1S/C26H32N2O4/c29-25(20-7-2-1-3-8-20)28-24(26(30)31)14-15-32-22-16-18(17-22)10-12-21-13-11-19-6-4-5-9-23(19)27-21/h1-3,7-8,11,13,18,22,24H,4-6,9-10,12,14-17H2,(H,28,29)(H,30,31). The lowest BCUT2D eigenvalue weighted by Crippen LogP contribution is -2.42. The van der Waals surface area contributed by atoms with E-state index in [0.29, 0.717) is 18.1 Å². The van der Waals surface area contributed by atoms with Gasteiger partial charge in [0.25, 0.3) is 5.91 Å². The minimum atomic E-state index is -1.04. The number of pyridine rings is 1. The summed E-state index contributed by atoms with van der Waals surface area (Å²) in [4.78, 5) is 28.6. The Kier molecular flexibility index (Phi) is 7.53. The summed E-state index contributed by atoms with van der Waals surface area (Å²) in [5.74, 6) is -0.773. The molecule has 2 aliphatic carbocycles. The van der Waals surface area contributed by atoms with Crippen molar-refractivity contribution < 1.29 is 19.4 Å². The summed E-state index contributed by atoms with van der Waals surface area (Å²) in [6, 6.07) is 12.1. The number of carbonyl (C=O) groups is 2. The number of aryl methyl sites for hydroxylation is 3. The van der Waals surface area contributed by atoms with Crippen LogP contribution in [0.3, 0.4) is 0 Å². The molecule has 1 atom stereocenters. The summed E-state index contributed by atoms with van der Waals surface area (Å²) in [7, 11) is 0. The van der Waals surface area contributed by atoms with Crippen LogP contribution in [0.15, 0.2) is 42.5 Å². The summed E-state index contributed by atoms with van der Waals surface area (Å²) in [6.07, 6.45) is 9.43. The fourth-order valence-electron chi connectivity index (χ4n) is 4.61. The normalized spacial score (nSPS) is 20.6. The second kappa shape index (κ2) is 10.7. The van der Waals surface area contributed by atoms with Gasteiger partial charge in [0.2, 0.25) is 0 Å². The molecule has 6 heteroatoms. The largest absolute Gasteiger partial charge is 0.480 e. The first kappa shape index (κ1) is 22.5. The van der Waals surface area contributed by atoms with Gasteiger partial charge in [-0.05, 0) is 81.0 Å². The summed E-state index contributed by atoms with van der Waals surface area (Å²) in [5.41, 5.74) is 4.39. The number of hydrogen-bond acceptors (Lipinski definition) is 4. The third-order valence-corrected chi connectivity index (χ3v) is 6.64. The van der Waals surface area contributed by atoms with Crippen LogP contribution in [0.2, 0.25) is 0 Å². The monoisotopic (exact) mass is 436 g/mol. The van der Waals surface area contributed by atoms with Crippen molar-refractivity contribution in [2.75, 3.05) is 6.61 Å². The van der Waals surface area contributed by atoms with Crippen LogP contribution in [0.5, 0.6) is 0 Å². The summed E-state index contributed by atoms with van der Waals surface area (Å²) < 4.78 is 5.87. The van der Waals surface area contributed by atoms with Crippen LogP contribution in [0.4, 0.5) is 0 Å². The number of carboxylic acid groups (broad SMARTS) is 1. The van der Waals surface area contributed by atoms with Gasteiger partial charge in [0.1, 0.15) is 6.04 Å². The molecule has 6 nitrogen and oxygen atoms in total. The van der Waals surface area contributed by atoms with Crippen molar-refractivity contribution in [2.45, 2.75) is 69.9 Å². The van der Waals surface area contributed by atoms with Gasteiger partial charge in [0, 0.05) is 30.0 Å². The maximum atomic E-state index is 12.2. The molecule has 1 heterocycles. The molecule has 0 saturated heterocycles. The van der Waals surface area contributed by atoms with Gasteiger partial charge >= 0.3 is 5.97 Å². The zero-order valence-electron chi connectivity index (χ0n) is 18.5. The molecule has 2 N–H and O–H groups in total. The van der Waals surface area contributed by atoms with Crippen molar-refractivity contribution in [3.63, 3.8) is 0 Å². The van der Waals surface area contributed by atoms with Crippen LogP contribution >= 0.6 is 0 Å². The van der Waals surface area contributed by atoms with E-state index in [4.69, 9.17) is 9.72 Å². The van der Waals surface area contributed by atoms with Crippen molar-refractivity contribution in [2.24, 2.45) is 5.92 Å². The molecular weight excluding hydrogens is 404 g/mol. The molecule has 0 bridgehead atoms. The highest BCUT2D eigenvalue weighted by Gasteiger charge is 2.30. The van der Waals surface area contributed by atoms with E-state index in [2.05, 4.69) is 17.4 Å². The van der Waals surface area contributed by atoms with Crippen LogP contribution in [-0.2, 0) is 28.8 Å². The smallest absolute Gasteiger partial charge is 0.326 e. The maximum absolute atomic E-state index is 12.2. The Labute approximate surface area is 189 Å². The first-order valence-corrected chi connectivity index (χ1v) is 11.8. The third kappa shape index (κ3) is 5.94. The van der Waals surface area contributed by atoms with Crippen LogP contribution in [0.1, 0.15) is 65.8 Å². The van der Waals surface area contributed by atoms with Gasteiger partial charge in [0.15, 0.2) is 0 Å². The fourth-order valence-corrected chi connectivity index (χ4v) is 4.61. The molecule has 1 fully saturated rings. The topological polar surface area (TPSA) is 88.5 Å². The molecule has 1 amide bonds. The van der Waals surface area contributed by atoms with Crippen LogP contribution in [0, 0.1) is 5.92 Å². The minimum Gasteiger partial charge on any atom is -0.480 e. The average Bonchev–Trinajstić information content (AvgIpc) is 2.79. The number of nitrogens with zero attached hydrogens (tertiary/aromatic N) is 1. The second-order valence-electron chi connectivity index (χ2n) is 9.00. The Balaban J connectivity index is 1.14. The van der Waals surface area contributed by atoms with Crippen molar-refractivity contribution in [3.05, 3.63) is 65.0 Å². The number of aliphatic carboxylic acids is 1. The first-order chi connectivity index (χ1) is 15.6. The molecule has 1 saturated carbocycles. The van der Waals surface area contributed by atoms with Crippen LogP contribution in [-0.4, -0.2) is 40.7 Å². The first-order valence-electron chi connectivity index (χ1n) is 11.8. The van der Waals surface area contributed by atoms with E-state index in [9.17, 15) is 14.7 Å². The molecule has 1 aromatic carbocycles. The number of rotatable bonds is 10. The highest BCUT2D eigenvalue weighted by Crippen LogP contribution is 2.34. The zero-order chi connectivity index (χ0) is 22.3. The minimum absolute atomic E-state index is 0.191. The number of amides is 1. The SMILES string of the molecule is O=C(NC(CCOC1CC(CCc2ccc3c(n2)CCCC3)C1)C(=O)O)c1ccccc1. The Hall–Kier alpha value is -2.73. The number of hydrogen-bond donors (Lipinski definition) is 2. The number of benzene rings is 1. The molecule has 0 aliphatic heterocycles. The van der Waals surface area contributed by atoms with Crippen LogP contribution < -0.4 is 5.32 Å². The fraction of sp³-hybridized carbons (Fsp3) is 0.500. The molecule has 1 aromatic heterocycles. The number of carboxylic acids is 1. The average molecular weight is 437 g/mol. The molecule has 4 rings (SSSR count). The molecule has 32 heavy (non-hydrogen) atoms. The van der Waals surface area contributed by atoms with E-state index in [1.807, 2.05) is 6.07 Å². The highest BCUT2D eigenvalue weighted by atomic mass is 16.5. The van der Waals surface area contributed by atoms with E-state index in [0.717, 1.165) is 32.1 Å². The molecule has 2 aromatic rings. The molecule has 1 unspecified atom stereocenters. The number of aromatic nitrogens is 1. The Morgan fingerprint density at radius 1 is 1.09 bits per heavy atom. The van der Waals surface area contributed by atoms with Gasteiger partial charge in [0.05, 0.1) is 6.10 Å². The number of nitrogens with one attached hydrogen (secondary N) is 1. The van der Waals surface area contributed by atoms with Crippen molar-refractivity contribution in [1.29, 1.82) is 0 Å². The summed E-state index contributed by atoms with van der Waals surface area (Å²) in [6.45, 7) is 0.329. The molecule has 0 spiro atoms. The van der Waals surface area contributed by atoms with Crippen molar-refractivity contribution >= 4 is 11.9 Å². The lowest BCUT2D eigenvalue weighted by molar-refractivity contribution is -0.140. The highest BCUT2D eigenvalue weighted by molar-refractivity contribution is 5.96. The van der Waals surface area contributed by atoms with E-state index in [-0.39, 0.29) is 18.4 Å². The van der Waals surface area contributed by atoms with Gasteiger partial charge in [-0.1, -0.05) is 24.3 Å². The van der Waals surface area contributed by atoms with Gasteiger partial charge in [-0.25, -0.2) is 4.79 Å². The van der Waals surface area contributed by atoms with Gasteiger partial charge < -0.3 is 15.2 Å². The number of fused-ring (bicyclic) bond motifs is 1. The molecule has 170 valence electrons. The summed E-state index contributed by atoms with van der Waals surface area (Å²) >= 11 is 0. The van der Waals surface area contributed by atoms with Gasteiger partial charge in [-0.2, -0.15) is 0 Å². The predicted molar refractivity (Wildman–Crippen MR) is 122 cm³/mol.